The van der Waals surface area contributed by atoms with Crippen molar-refractivity contribution in [3.63, 3.8) is 0 Å². The molecule has 0 aliphatic carbocycles. The van der Waals surface area contributed by atoms with E-state index >= 15 is 0 Å². The Hall–Kier alpha value is -3.94. The van der Waals surface area contributed by atoms with E-state index in [1.165, 1.54) is 22.4 Å². The monoisotopic (exact) mass is 431 g/mol. The summed E-state index contributed by atoms with van der Waals surface area (Å²) in [5.74, 6) is 0.846. The maximum Gasteiger partial charge on any atom is 0.351 e. The van der Waals surface area contributed by atoms with Gasteiger partial charge in [-0.15, -0.1) is 5.10 Å². The van der Waals surface area contributed by atoms with Crippen LogP contribution in [-0.4, -0.2) is 25.1 Å². The summed E-state index contributed by atoms with van der Waals surface area (Å²) < 4.78 is 8.30. The number of carbonyl (C=O) groups is 1. The zero-order valence-corrected chi connectivity index (χ0v) is 18.5. The van der Waals surface area contributed by atoms with Gasteiger partial charge >= 0.3 is 5.69 Å². The van der Waals surface area contributed by atoms with Gasteiger partial charge < -0.3 is 10.1 Å². The Balaban J connectivity index is 1.57. The maximum atomic E-state index is 12.8. The lowest BCUT2D eigenvalue weighted by Crippen LogP contribution is -2.28. The summed E-state index contributed by atoms with van der Waals surface area (Å²) in [6.45, 7) is 7.92. The number of rotatable bonds is 6. The fourth-order valence-electron chi connectivity index (χ4n) is 3.35. The predicted molar refractivity (Wildman–Crippen MR) is 122 cm³/mol. The topological polar surface area (TPSA) is 90.5 Å². The number of carbonyl (C=O) groups excluding carboxylic acids is 1. The number of benzene rings is 2. The number of hydrogen-bond donors (Lipinski definition) is 1. The average molecular weight is 431 g/mol. The Kier molecular flexibility index (Phi) is 5.77. The van der Waals surface area contributed by atoms with Gasteiger partial charge in [0, 0.05) is 18.1 Å². The molecule has 4 rings (SSSR count). The second kappa shape index (κ2) is 8.66. The smallest absolute Gasteiger partial charge is 0.351 e. The van der Waals surface area contributed by atoms with Gasteiger partial charge in [-0.05, 0) is 54.7 Å². The largest absolute Gasteiger partial charge is 0.436 e. The van der Waals surface area contributed by atoms with Gasteiger partial charge in [0.1, 0.15) is 12.3 Å². The van der Waals surface area contributed by atoms with E-state index < -0.39 is 5.69 Å². The number of aryl methyl sites for hydroxylation is 1. The van der Waals surface area contributed by atoms with E-state index in [1.807, 2.05) is 56.3 Å². The summed E-state index contributed by atoms with van der Waals surface area (Å²) in [5, 5.41) is 7.14. The third-order valence-corrected chi connectivity index (χ3v) is 5.40. The normalized spacial score (nSPS) is 11.2. The van der Waals surface area contributed by atoms with Crippen molar-refractivity contribution in [3.05, 3.63) is 82.0 Å². The van der Waals surface area contributed by atoms with Gasteiger partial charge in [0.25, 0.3) is 5.88 Å². The summed E-state index contributed by atoms with van der Waals surface area (Å²) in [7, 11) is 0. The first kappa shape index (κ1) is 21.3. The molecule has 4 aromatic rings. The molecule has 0 bridgehead atoms. The van der Waals surface area contributed by atoms with Crippen molar-refractivity contribution in [2.24, 2.45) is 0 Å². The Morgan fingerprint density at radius 1 is 1.12 bits per heavy atom. The number of fused-ring (bicyclic) bond motifs is 1. The van der Waals surface area contributed by atoms with Crippen LogP contribution in [0.3, 0.4) is 0 Å². The molecule has 164 valence electrons. The highest BCUT2D eigenvalue weighted by atomic mass is 16.5. The number of anilines is 1. The molecule has 2 aromatic heterocycles. The Morgan fingerprint density at radius 2 is 1.88 bits per heavy atom. The van der Waals surface area contributed by atoms with E-state index in [0.29, 0.717) is 17.4 Å². The van der Waals surface area contributed by atoms with Gasteiger partial charge in [0.2, 0.25) is 11.6 Å². The highest BCUT2D eigenvalue weighted by Crippen LogP contribution is 2.24. The molecule has 0 aliphatic rings. The van der Waals surface area contributed by atoms with E-state index in [9.17, 15) is 9.59 Å². The van der Waals surface area contributed by atoms with E-state index in [1.54, 1.807) is 0 Å². The maximum absolute atomic E-state index is 12.8. The summed E-state index contributed by atoms with van der Waals surface area (Å²) in [6.07, 6.45) is 2.97. The van der Waals surface area contributed by atoms with Crippen LogP contribution in [0.2, 0.25) is 0 Å². The molecular weight excluding hydrogens is 406 g/mol. The van der Waals surface area contributed by atoms with Crippen LogP contribution >= 0.6 is 0 Å². The van der Waals surface area contributed by atoms with Gasteiger partial charge in [-0.3, -0.25) is 4.79 Å². The van der Waals surface area contributed by atoms with Crippen LogP contribution in [0.25, 0.3) is 5.65 Å². The minimum Gasteiger partial charge on any atom is -0.436 e. The molecule has 2 aromatic carbocycles. The van der Waals surface area contributed by atoms with Crippen LogP contribution in [0, 0.1) is 13.8 Å². The van der Waals surface area contributed by atoms with Crippen molar-refractivity contribution in [3.8, 4) is 11.6 Å². The molecule has 1 N–H and O–H groups in total. The van der Waals surface area contributed by atoms with Crippen molar-refractivity contribution < 1.29 is 9.53 Å². The molecule has 0 radical (unpaired) electrons. The third kappa shape index (κ3) is 4.25. The Morgan fingerprint density at radius 3 is 2.59 bits per heavy atom. The quantitative estimate of drug-likeness (QED) is 0.497. The zero-order valence-electron chi connectivity index (χ0n) is 18.5. The summed E-state index contributed by atoms with van der Waals surface area (Å²) >= 11 is 0. The Bertz CT molecular complexity index is 1340. The fourth-order valence-corrected chi connectivity index (χ4v) is 3.35. The van der Waals surface area contributed by atoms with Crippen LogP contribution < -0.4 is 15.7 Å². The van der Waals surface area contributed by atoms with Crippen LogP contribution in [0.4, 0.5) is 5.69 Å². The molecule has 8 nitrogen and oxygen atoms in total. The van der Waals surface area contributed by atoms with E-state index in [0.717, 1.165) is 15.8 Å². The number of nitrogens with one attached hydrogen (secondary N) is 1. The molecule has 0 unspecified atom stereocenters. The molecule has 0 atom stereocenters. The number of amides is 1. The minimum absolute atomic E-state index is 0.190. The van der Waals surface area contributed by atoms with Gasteiger partial charge in [-0.2, -0.15) is 0 Å². The van der Waals surface area contributed by atoms with Crippen molar-refractivity contribution in [1.29, 1.82) is 0 Å². The lowest BCUT2D eigenvalue weighted by molar-refractivity contribution is -0.117. The highest BCUT2D eigenvalue weighted by Gasteiger charge is 2.16. The molecule has 32 heavy (non-hydrogen) atoms. The second-order valence-corrected chi connectivity index (χ2v) is 7.99. The molecule has 0 saturated heterocycles. The van der Waals surface area contributed by atoms with Crippen molar-refractivity contribution in [2.75, 3.05) is 5.32 Å². The molecule has 0 fully saturated rings. The Labute approximate surface area is 185 Å². The molecule has 2 heterocycles. The number of hydrogen-bond acceptors (Lipinski definition) is 5. The highest BCUT2D eigenvalue weighted by molar-refractivity contribution is 5.91. The molecule has 0 saturated carbocycles. The minimum atomic E-state index is -0.446. The lowest BCUT2D eigenvalue weighted by atomic mass is 10.0. The van der Waals surface area contributed by atoms with E-state index in [4.69, 9.17) is 4.74 Å². The van der Waals surface area contributed by atoms with Gasteiger partial charge in [-0.25, -0.2) is 18.9 Å². The number of aromatic nitrogens is 4. The van der Waals surface area contributed by atoms with Crippen molar-refractivity contribution in [2.45, 2.75) is 40.2 Å². The van der Waals surface area contributed by atoms with Crippen LogP contribution in [0.5, 0.6) is 11.6 Å². The summed E-state index contributed by atoms with van der Waals surface area (Å²) in [6, 6.07) is 13.4. The molecule has 1 amide bonds. The second-order valence-electron chi connectivity index (χ2n) is 7.99. The SMILES string of the molecule is Cc1cccc(NC(=O)Cn2nc3c(Oc4ccc(C(C)C)cc4)nccn3c2=O)c1C. The number of nitrogens with zero attached hydrogens (tertiary/aromatic N) is 4. The molecule has 0 aliphatic heterocycles. The van der Waals surface area contributed by atoms with Gasteiger partial charge in [0.05, 0.1) is 0 Å². The zero-order chi connectivity index (χ0) is 22.8. The molecule has 8 heteroatoms. The van der Waals surface area contributed by atoms with Gasteiger partial charge in [-0.1, -0.05) is 38.1 Å². The first-order chi connectivity index (χ1) is 15.3. The first-order valence-electron chi connectivity index (χ1n) is 10.4. The predicted octanol–water partition coefficient (Wildman–Crippen LogP) is 4.06. The average Bonchev–Trinajstić information content (AvgIpc) is 3.08. The summed E-state index contributed by atoms with van der Waals surface area (Å²) in [4.78, 5) is 29.6. The third-order valence-electron chi connectivity index (χ3n) is 5.40. The van der Waals surface area contributed by atoms with E-state index in [2.05, 4.69) is 29.2 Å². The standard InChI is InChI=1S/C24H25N5O3/c1-15(2)18-8-10-19(11-9-18)32-23-22-27-29(24(31)28(22)13-12-25-23)14-21(30)26-20-7-5-6-16(3)17(20)4/h5-13,15H,14H2,1-4H3,(H,26,30). The fraction of sp³-hybridized carbons (Fsp3) is 0.250. The molecule has 0 spiro atoms. The number of ether oxygens (including phenoxy) is 1. The van der Waals surface area contributed by atoms with Crippen LogP contribution in [0.15, 0.2) is 59.7 Å². The van der Waals surface area contributed by atoms with Crippen molar-refractivity contribution in [1.82, 2.24) is 19.2 Å². The first-order valence-corrected chi connectivity index (χ1v) is 10.4. The van der Waals surface area contributed by atoms with Gasteiger partial charge in [0.15, 0.2) is 0 Å². The van der Waals surface area contributed by atoms with E-state index in [-0.39, 0.29) is 24.0 Å². The molecular formula is C24H25N5O3. The lowest BCUT2D eigenvalue weighted by Gasteiger charge is -2.09. The van der Waals surface area contributed by atoms with Crippen LogP contribution in [-0.2, 0) is 11.3 Å². The van der Waals surface area contributed by atoms with Crippen molar-refractivity contribution >= 4 is 17.2 Å². The summed E-state index contributed by atoms with van der Waals surface area (Å²) in [5.41, 5.74) is 3.75. The van der Waals surface area contributed by atoms with Crippen LogP contribution in [0.1, 0.15) is 36.5 Å².